The van der Waals surface area contributed by atoms with E-state index in [0.717, 1.165) is 5.56 Å². The van der Waals surface area contributed by atoms with Crippen LogP contribution in [0.4, 0.5) is 0 Å². The molecule has 0 amide bonds. The zero-order valence-corrected chi connectivity index (χ0v) is 13.3. The second-order valence-electron chi connectivity index (χ2n) is 5.08. The van der Waals surface area contributed by atoms with Crippen LogP contribution in [0.2, 0.25) is 0 Å². The Morgan fingerprint density at radius 2 is 1.73 bits per heavy atom. The van der Waals surface area contributed by atoms with E-state index in [1.54, 1.807) is 6.92 Å². The summed E-state index contributed by atoms with van der Waals surface area (Å²) in [4.78, 5) is 14.2. The first-order valence-corrected chi connectivity index (χ1v) is 7.77. The maximum atomic E-state index is 11.5. The van der Waals surface area contributed by atoms with E-state index in [9.17, 15) is 4.79 Å². The van der Waals surface area contributed by atoms with Gasteiger partial charge in [0.05, 0.1) is 13.0 Å². The zero-order valence-electron chi connectivity index (χ0n) is 12.6. The summed E-state index contributed by atoms with van der Waals surface area (Å²) in [7, 11) is 0. The number of ether oxygens (including phenoxy) is 1. The van der Waals surface area contributed by atoms with Gasteiger partial charge in [0, 0.05) is 6.04 Å². The molecule has 0 aromatic heterocycles. The molecule has 3 nitrogen and oxygen atoms in total. The van der Waals surface area contributed by atoms with E-state index >= 15 is 0 Å². The molecule has 1 atom stereocenters. The molecule has 2 rings (SSSR count). The standard InChI is InChI=1S/C18H20ClNO2/c1-2-22-18(21)13-17(20-19)12-14-8-10-16(11-9-14)15-6-4-3-5-7-15/h3-11,17,20H,2,12-13H2,1H3/t17-/m1/s1. The predicted octanol–water partition coefficient (Wildman–Crippen LogP) is 3.96. The van der Waals surface area contributed by atoms with Gasteiger partial charge in [-0.25, -0.2) is 4.84 Å². The number of rotatable bonds is 7. The van der Waals surface area contributed by atoms with Crippen LogP contribution in [0.15, 0.2) is 54.6 Å². The van der Waals surface area contributed by atoms with Crippen LogP contribution in [0.1, 0.15) is 18.9 Å². The fraction of sp³-hybridized carbons (Fsp3) is 0.278. The van der Waals surface area contributed by atoms with Crippen molar-refractivity contribution in [1.29, 1.82) is 0 Å². The molecule has 0 radical (unpaired) electrons. The second-order valence-corrected chi connectivity index (χ2v) is 5.30. The third kappa shape index (κ3) is 4.86. The number of benzene rings is 2. The summed E-state index contributed by atoms with van der Waals surface area (Å²) in [6.45, 7) is 2.18. The van der Waals surface area contributed by atoms with E-state index in [1.807, 2.05) is 18.2 Å². The molecule has 0 saturated heterocycles. The van der Waals surface area contributed by atoms with Crippen LogP contribution >= 0.6 is 11.8 Å². The van der Waals surface area contributed by atoms with E-state index in [-0.39, 0.29) is 18.4 Å². The lowest BCUT2D eigenvalue weighted by Gasteiger charge is -2.14. The van der Waals surface area contributed by atoms with Gasteiger partial charge in [-0.05, 0) is 41.8 Å². The van der Waals surface area contributed by atoms with Gasteiger partial charge in [0.1, 0.15) is 0 Å². The van der Waals surface area contributed by atoms with Crippen molar-refractivity contribution < 1.29 is 9.53 Å². The first-order chi connectivity index (χ1) is 10.7. The van der Waals surface area contributed by atoms with Gasteiger partial charge in [-0.1, -0.05) is 54.6 Å². The Morgan fingerprint density at radius 3 is 2.32 bits per heavy atom. The Balaban J connectivity index is 1.99. The maximum Gasteiger partial charge on any atom is 0.307 e. The Labute approximate surface area is 136 Å². The fourth-order valence-corrected chi connectivity index (χ4v) is 2.47. The SMILES string of the molecule is CCOC(=O)C[C@@H](Cc1ccc(-c2ccccc2)cc1)NCl. The summed E-state index contributed by atoms with van der Waals surface area (Å²) in [5, 5.41) is 0. The van der Waals surface area contributed by atoms with Gasteiger partial charge >= 0.3 is 5.97 Å². The van der Waals surface area contributed by atoms with Crippen molar-refractivity contribution in [3.63, 3.8) is 0 Å². The highest BCUT2D eigenvalue weighted by molar-refractivity contribution is 6.13. The molecule has 0 aliphatic rings. The normalized spacial score (nSPS) is 11.9. The summed E-state index contributed by atoms with van der Waals surface area (Å²) in [5.41, 5.74) is 3.49. The van der Waals surface area contributed by atoms with Crippen molar-refractivity contribution >= 4 is 17.7 Å². The number of carbonyl (C=O) groups excluding carboxylic acids is 1. The second kappa shape index (κ2) is 8.57. The van der Waals surface area contributed by atoms with Gasteiger partial charge in [0.2, 0.25) is 0 Å². The van der Waals surface area contributed by atoms with Gasteiger partial charge in [-0.2, -0.15) is 0 Å². The van der Waals surface area contributed by atoms with Crippen LogP contribution in [0.3, 0.4) is 0 Å². The molecule has 0 unspecified atom stereocenters. The Morgan fingerprint density at radius 1 is 1.09 bits per heavy atom. The summed E-state index contributed by atoms with van der Waals surface area (Å²) in [6, 6.07) is 18.4. The van der Waals surface area contributed by atoms with Crippen molar-refractivity contribution in [3.05, 3.63) is 60.2 Å². The number of esters is 1. The van der Waals surface area contributed by atoms with Gasteiger partial charge in [0.25, 0.3) is 0 Å². The first kappa shape index (κ1) is 16.5. The number of nitrogens with one attached hydrogen (secondary N) is 1. The largest absolute Gasteiger partial charge is 0.466 e. The van der Waals surface area contributed by atoms with E-state index in [1.165, 1.54) is 11.1 Å². The predicted molar refractivity (Wildman–Crippen MR) is 89.6 cm³/mol. The molecule has 2 aromatic carbocycles. The average Bonchev–Trinajstić information content (AvgIpc) is 2.56. The van der Waals surface area contributed by atoms with Crippen molar-refractivity contribution in [3.8, 4) is 11.1 Å². The highest BCUT2D eigenvalue weighted by atomic mass is 35.5. The topological polar surface area (TPSA) is 38.3 Å². The molecule has 0 bridgehead atoms. The molecule has 0 spiro atoms. The molecule has 0 fully saturated rings. The summed E-state index contributed by atoms with van der Waals surface area (Å²) in [5.74, 6) is -0.235. The molecule has 22 heavy (non-hydrogen) atoms. The maximum absolute atomic E-state index is 11.5. The van der Waals surface area contributed by atoms with E-state index in [0.29, 0.717) is 13.0 Å². The summed E-state index contributed by atoms with van der Waals surface area (Å²) < 4.78 is 4.95. The lowest BCUT2D eigenvalue weighted by atomic mass is 10.00. The Hall–Kier alpha value is -1.84. The van der Waals surface area contributed by atoms with Gasteiger partial charge in [0.15, 0.2) is 0 Å². The van der Waals surface area contributed by atoms with Crippen molar-refractivity contribution in [2.45, 2.75) is 25.8 Å². The molecule has 4 heteroatoms. The van der Waals surface area contributed by atoms with Crippen LogP contribution in [0, 0.1) is 0 Å². The molecule has 1 N–H and O–H groups in total. The van der Waals surface area contributed by atoms with Crippen LogP contribution in [-0.2, 0) is 16.0 Å². The molecular weight excluding hydrogens is 298 g/mol. The average molecular weight is 318 g/mol. The quantitative estimate of drug-likeness (QED) is 0.620. The van der Waals surface area contributed by atoms with Crippen molar-refractivity contribution in [2.75, 3.05) is 6.61 Å². The highest BCUT2D eigenvalue weighted by Gasteiger charge is 2.14. The molecule has 116 valence electrons. The Bertz CT molecular complexity index is 584. The minimum Gasteiger partial charge on any atom is -0.466 e. The number of hydrogen-bond acceptors (Lipinski definition) is 3. The minimum absolute atomic E-state index is 0.136. The van der Waals surface area contributed by atoms with Crippen LogP contribution in [0.5, 0.6) is 0 Å². The smallest absolute Gasteiger partial charge is 0.307 e. The van der Waals surface area contributed by atoms with E-state index < -0.39 is 0 Å². The summed E-state index contributed by atoms with van der Waals surface area (Å²) >= 11 is 5.73. The Kier molecular flexibility index (Phi) is 6.44. The molecule has 0 heterocycles. The minimum atomic E-state index is -0.235. The highest BCUT2D eigenvalue weighted by Crippen LogP contribution is 2.20. The monoisotopic (exact) mass is 317 g/mol. The van der Waals surface area contributed by atoms with Crippen molar-refractivity contribution in [2.24, 2.45) is 0 Å². The third-order valence-corrected chi connectivity index (χ3v) is 3.72. The van der Waals surface area contributed by atoms with Gasteiger partial charge < -0.3 is 4.74 Å². The van der Waals surface area contributed by atoms with Crippen LogP contribution < -0.4 is 4.84 Å². The molecular formula is C18H20ClNO2. The molecule has 0 aliphatic heterocycles. The lowest BCUT2D eigenvalue weighted by molar-refractivity contribution is -0.143. The molecule has 0 saturated carbocycles. The molecule has 0 aliphatic carbocycles. The fourth-order valence-electron chi connectivity index (χ4n) is 2.32. The number of hydrogen-bond donors (Lipinski definition) is 1. The third-order valence-electron chi connectivity index (χ3n) is 3.42. The number of halogens is 1. The van der Waals surface area contributed by atoms with Crippen LogP contribution in [0.25, 0.3) is 11.1 Å². The van der Waals surface area contributed by atoms with Gasteiger partial charge in [-0.15, -0.1) is 0 Å². The summed E-state index contributed by atoms with van der Waals surface area (Å²) in [6.07, 6.45) is 0.940. The number of carbonyl (C=O) groups is 1. The van der Waals surface area contributed by atoms with Crippen LogP contribution in [-0.4, -0.2) is 18.6 Å². The van der Waals surface area contributed by atoms with Crippen molar-refractivity contribution in [1.82, 2.24) is 4.84 Å². The first-order valence-electron chi connectivity index (χ1n) is 7.39. The molecule has 2 aromatic rings. The van der Waals surface area contributed by atoms with E-state index in [2.05, 4.69) is 41.2 Å². The lowest BCUT2D eigenvalue weighted by Crippen LogP contribution is -2.27. The van der Waals surface area contributed by atoms with Gasteiger partial charge in [-0.3, -0.25) is 4.79 Å². The van der Waals surface area contributed by atoms with E-state index in [4.69, 9.17) is 16.5 Å². The zero-order chi connectivity index (χ0) is 15.8.